The average Bonchev–Trinajstić information content (AvgIpc) is 2.48. The molecule has 0 saturated heterocycles. The van der Waals surface area contributed by atoms with Crippen LogP contribution >= 0.6 is 0 Å². The molecule has 0 aliphatic rings. The zero-order valence-electron chi connectivity index (χ0n) is 9.01. The summed E-state index contributed by atoms with van der Waals surface area (Å²) in [5, 5.41) is 10.7. The van der Waals surface area contributed by atoms with Crippen LogP contribution in [0.5, 0.6) is 0 Å². The molecule has 0 spiro atoms. The molecule has 2 N–H and O–H groups in total. The second-order valence-corrected chi connectivity index (χ2v) is 3.64. The fraction of sp³-hybridized carbons (Fsp3) is 0.667. The summed E-state index contributed by atoms with van der Waals surface area (Å²) < 4.78 is 1.66. The van der Waals surface area contributed by atoms with Crippen LogP contribution in [0.4, 0.5) is 5.82 Å². The Hall–Kier alpha value is -1.43. The van der Waals surface area contributed by atoms with Crippen molar-refractivity contribution in [2.45, 2.75) is 32.2 Å². The van der Waals surface area contributed by atoms with E-state index in [2.05, 4.69) is 4.98 Å². The van der Waals surface area contributed by atoms with Crippen molar-refractivity contribution in [3.05, 3.63) is 22.1 Å². The summed E-state index contributed by atoms with van der Waals surface area (Å²) in [6.07, 6.45) is 3.79. The Morgan fingerprint density at radius 1 is 1.73 bits per heavy atom. The zero-order chi connectivity index (χ0) is 11.4. The van der Waals surface area contributed by atoms with E-state index in [9.17, 15) is 10.1 Å². The van der Waals surface area contributed by atoms with Crippen LogP contribution in [0.2, 0.25) is 0 Å². The smallest absolute Gasteiger partial charge is 0.358 e. The molecule has 1 unspecified atom stereocenters. The molecule has 0 aromatic carbocycles. The number of nitrogens with two attached hydrogens (primary N) is 1. The summed E-state index contributed by atoms with van der Waals surface area (Å²) in [6, 6.07) is -0.0379. The first-order valence-corrected chi connectivity index (χ1v) is 4.96. The van der Waals surface area contributed by atoms with E-state index < -0.39 is 4.92 Å². The van der Waals surface area contributed by atoms with Crippen molar-refractivity contribution >= 4 is 5.82 Å². The summed E-state index contributed by atoms with van der Waals surface area (Å²) in [5.41, 5.74) is 6.45. The van der Waals surface area contributed by atoms with E-state index in [4.69, 9.17) is 5.73 Å². The lowest BCUT2D eigenvalue weighted by Gasteiger charge is -2.09. The normalized spacial score (nSPS) is 12.7. The van der Waals surface area contributed by atoms with Gasteiger partial charge in [-0.25, -0.2) is 0 Å². The second kappa shape index (κ2) is 4.88. The van der Waals surface area contributed by atoms with Gasteiger partial charge in [0.1, 0.15) is 5.69 Å². The highest BCUT2D eigenvalue weighted by molar-refractivity contribution is 5.27. The van der Waals surface area contributed by atoms with Gasteiger partial charge in [0.05, 0.1) is 0 Å². The van der Waals surface area contributed by atoms with Crippen molar-refractivity contribution in [2.75, 3.05) is 0 Å². The number of nitro groups is 1. The fourth-order valence-corrected chi connectivity index (χ4v) is 1.55. The third-order valence-corrected chi connectivity index (χ3v) is 2.33. The molecule has 1 aromatic heterocycles. The van der Waals surface area contributed by atoms with Crippen LogP contribution in [0, 0.1) is 10.1 Å². The van der Waals surface area contributed by atoms with Crippen LogP contribution in [0.1, 0.15) is 25.5 Å². The van der Waals surface area contributed by atoms with Gasteiger partial charge in [-0.1, -0.05) is 13.3 Å². The highest BCUT2D eigenvalue weighted by Gasteiger charge is 2.21. The molecule has 1 aromatic rings. The van der Waals surface area contributed by atoms with E-state index >= 15 is 0 Å². The van der Waals surface area contributed by atoms with Crippen LogP contribution in [-0.4, -0.2) is 20.5 Å². The van der Waals surface area contributed by atoms with Crippen molar-refractivity contribution in [3.8, 4) is 0 Å². The Balaban J connectivity index is 2.83. The minimum Gasteiger partial charge on any atom is -0.358 e. The lowest BCUT2D eigenvalue weighted by molar-refractivity contribution is -0.390. The molecule has 1 atom stereocenters. The molecule has 0 aliphatic carbocycles. The third kappa shape index (κ3) is 2.76. The van der Waals surface area contributed by atoms with Crippen LogP contribution in [0.3, 0.4) is 0 Å². The van der Waals surface area contributed by atoms with Crippen molar-refractivity contribution < 1.29 is 4.92 Å². The van der Waals surface area contributed by atoms with Crippen molar-refractivity contribution in [1.29, 1.82) is 0 Å². The summed E-state index contributed by atoms with van der Waals surface area (Å²) in [6.45, 7) is 2.04. The summed E-state index contributed by atoms with van der Waals surface area (Å²) in [7, 11) is 1.74. The van der Waals surface area contributed by atoms with Gasteiger partial charge in [0.25, 0.3) is 0 Å². The molecule has 0 aliphatic heterocycles. The molecule has 0 amide bonds. The number of imidazole rings is 1. The van der Waals surface area contributed by atoms with Gasteiger partial charge < -0.3 is 20.4 Å². The molecular formula is C9H16N4O2. The number of hydrogen-bond acceptors (Lipinski definition) is 4. The molecule has 0 bridgehead atoms. The molecule has 0 saturated carbocycles. The predicted molar refractivity (Wildman–Crippen MR) is 56.4 cm³/mol. The van der Waals surface area contributed by atoms with Gasteiger partial charge in [0.15, 0.2) is 0 Å². The van der Waals surface area contributed by atoms with E-state index in [1.54, 1.807) is 11.6 Å². The fourth-order valence-electron chi connectivity index (χ4n) is 1.55. The summed E-state index contributed by atoms with van der Waals surface area (Å²) >= 11 is 0. The standard InChI is InChI=1S/C9H16N4O2/c1-3-4-7(10)5-8-9(13(14)15)11-6-12(8)2/h6-7H,3-5,10H2,1-2H3. The van der Waals surface area contributed by atoms with Crippen molar-refractivity contribution in [1.82, 2.24) is 9.55 Å². The van der Waals surface area contributed by atoms with Crippen LogP contribution < -0.4 is 5.73 Å². The van der Waals surface area contributed by atoms with Crippen LogP contribution in [0.25, 0.3) is 0 Å². The number of nitrogens with zero attached hydrogens (tertiary/aromatic N) is 3. The Morgan fingerprint density at radius 2 is 2.40 bits per heavy atom. The summed E-state index contributed by atoms with van der Waals surface area (Å²) in [4.78, 5) is 13.9. The minimum atomic E-state index is -0.464. The number of aryl methyl sites for hydroxylation is 1. The molecule has 6 heteroatoms. The van der Waals surface area contributed by atoms with Crippen molar-refractivity contribution in [3.63, 3.8) is 0 Å². The lowest BCUT2D eigenvalue weighted by atomic mass is 10.1. The molecule has 1 heterocycles. The van der Waals surface area contributed by atoms with Gasteiger partial charge in [-0.2, -0.15) is 0 Å². The Bertz CT molecular complexity index is 348. The molecule has 6 nitrogen and oxygen atoms in total. The number of rotatable bonds is 5. The monoisotopic (exact) mass is 212 g/mol. The quantitative estimate of drug-likeness (QED) is 0.582. The predicted octanol–water partition coefficient (Wildman–Crippen LogP) is 0.998. The average molecular weight is 212 g/mol. The van der Waals surface area contributed by atoms with E-state index in [1.807, 2.05) is 6.92 Å². The lowest BCUT2D eigenvalue weighted by Crippen LogP contribution is -2.24. The van der Waals surface area contributed by atoms with Gasteiger partial charge >= 0.3 is 5.82 Å². The van der Waals surface area contributed by atoms with Gasteiger partial charge in [-0.05, 0) is 16.3 Å². The van der Waals surface area contributed by atoms with E-state index in [0.717, 1.165) is 12.8 Å². The van der Waals surface area contributed by atoms with Gasteiger partial charge in [-0.15, -0.1) is 0 Å². The third-order valence-electron chi connectivity index (χ3n) is 2.33. The molecule has 15 heavy (non-hydrogen) atoms. The van der Waals surface area contributed by atoms with E-state index in [-0.39, 0.29) is 11.9 Å². The highest BCUT2D eigenvalue weighted by Crippen LogP contribution is 2.17. The van der Waals surface area contributed by atoms with E-state index in [1.165, 1.54) is 6.33 Å². The largest absolute Gasteiger partial charge is 0.384 e. The van der Waals surface area contributed by atoms with Crippen molar-refractivity contribution in [2.24, 2.45) is 12.8 Å². The Labute approximate surface area is 88.3 Å². The first-order chi connectivity index (χ1) is 7.06. The maximum atomic E-state index is 10.7. The number of aromatic nitrogens is 2. The minimum absolute atomic E-state index is 0.0379. The van der Waals surface area contributed by atoms with Gasteiger partial charge in [0, 0.05) is 19.5 Å². The molecular weight excluding hydrogens is 196 g/mol. The maximum absolute atomic E-state index is 10.7. The van der Waals surface area contributed by atoms with E-state index in [0.29, 0.717) is 12.1 Å². The second-order valence-electron chi connectivity index (χ2n) is 3.64. The first kappa shape index (κ1) is 11.6. The Kier molecular flexibility index (Phi) is 3.79. The molecule has 0 radical (unpaired) electrons. The van der Waals surface area contributed by atoms with Gasteiger partial charge in [-0.3, -0.25) is 0 Å². The zero-order valence-corrected chi connectivity index (χ0v) is 9.01. The molecule has 0 fully saturated rings. The highest BCUT2D eigenvalue weighted by atomic mass is 16.6. The topological polar surface area (TPSA) is 87.0 Å². The Morgan fingerprint density at radius 3 is 2.93 bits per heavy atom. The van der Waals surface area contributed by atoms with Gasteiger partial charge in [0.2, 0.25) is 6.33 Å². The van der Waals surface area contributed by atoms with Crippen LogP contribution in [0.15, 0.2) is 6.33 Å². The molecule has 1 rings (SSSR count). The van der Waals surface area contributed by atoms with Crippen LogP contribution in [-0.2, 0) is 13.5 Å². The maximum Gasteiger partial charge on any atom is 0.384 e. The number of hydrogen-bond donors (Lipinski definition) is 1. The summed E-state index contributed by atoms with van der Waals surface area (Å²) in [5.74, 6) is -0.0796. The SMILES string of the molecule is CCCC(N)Cc1c([N+](=O)[O-])ncn1C. The molecule has 84 valence electrons. The first-order valence-electron chi connectivity index (χ1n) is 4.96.